The highest BCUT2D eigenvalue weighted by atomic mass is 79.9. The van der Waals surface area contributed by atoms with Gasteiger partial charge >= 0.3 is 0 Å². The molecule has 0 bridgehead atoms. The molecule has 0 aliphatic carbocycles. The zero-order valence-corrected chi connectivity index (χ0v) is 11.7. The fraction of sp³-hybridized carbons (Fsp3) is 0.308. The van der Waals surface area contributed by atoms with E-state index in [2.05, 4.69) is 64.6 Å². The minimum absolute atomic E-state index is 0.807. The van der Waals surface area contributed by atoms with Crippen LogP contribution >= 0.6 is 15.9 Å². The maximum atomic E-state index is 4.25. The Morgan fingerprint density at radius 1 is 1.41 bits per heavy atom. The van der Waals surface area contributed by atoms with E-state index in [-0.39, 0.29) is 0 Å². The maximum absolute atomic E-state index is 4.25. The van der Waals surface area contributed by atoms with E-state index < -0.39 is 0 Å². The largest absolute Gasteiger partial charge is 0.381 e. The smallest absolute Gasteiger partial charge is 0.0539 e. The van der Waals surface area contributed by atoms with Crippen LogP contribution in [0.3, 0.4) is 0 Å². The predicted octanol–water partition coefficient (Wildman–Crippen LogP) is 3.59. The molecule has 2 rings (SSSR count). The lowest BCUT2D eigenvalue weighted by atomic mass is 10.2. The highest BCUT2D eigenvalue weighted by molar-refractivity contribution is 9.10. The Bertz CT molecular complexity index is 505. The molecule has 1 aromatic heterocycles. The molecule has 0 saturated heterocycles. The van der Waals surface area contributed by atoms with Crippen LogP contribution in [-0.4, -0.2) is 9.78 Å². The van der Waals surface area contributed by atoms with Crippen LogP contribution in [0.4, 0.5) is 5.69 Å². The molecule has 4 heteroatoms. The van der Waals surface area contributed by atoms with Crippen molar-refractivity contribution < 1.29 is 0 Å². The monoisotopic (exact) mass is 293 g/mol. The zero-order valence-electron chi connectivity index (χ0n) is 10.1. The van der Waals surface area contributed by atoms with E-state index >= 15 is 0 Å². The van der Waals surface area contributed by atoms with Gasteiger partial charge in [0.2, 0.25) is 0 Å². The number of nitrogens with one attached hydrogen (secondary N) is 1. The number of hydrogen-bond donors (Lipinski definition) is 1. The van der Waals surface area contributed by atoms with Crippen LogP contribution < -0.4 is 5.32 Å². The van der Waals surface area contributed by atoms with Crippen molar-refractivity contribution in [2.45, 2.75) is 26.9 Å². The molecule has 0 radical (unpaired) electrons. The van der Waals surface area contributed by atoms with Crippen molar-refractivity contribution in [3.05, 3.63) is 46.2 Å². The van der Waals surface area contributed by atoms with Crippen LogP contribution in [0.25, 0.3) is 0 Å². The van der Waals surface area contributed by atoms with E-state index in [1.807, 2.05) is 10.9 Å². The normalized spacial score (nSPS) is 10.5. The lowest BCUT2D eigenvalue weighted by molar-refractivity contribution is 0.659. The third kappa shape index (κ3) is 3.09. The lowest BCUT2D eigenvalue weighted by Gasteiger charge is -2.06. The molecule has 3 nitrogen and oxygen atoms in total. The van der Waals surface area contributed by atoms with E-state index in [4.69, 9.17) is 0 Å². The molecule has 1 aromatic carbocycles. The summed E-state index contributed by atoms with van der Waals surface area (Å²) in [4.78, 5) is 0. The second kappa shape index (κ2) is 5.36. The van der Waals surface area contributed by atoms with Crippen molar-refractivity contribution in [1.29, 1.82) is 0 Å². The van der Waals surface area contributed by atoms with Gasteiger partial charge in [0.15, 0.2) is 0 Å². The quantitative estimate of drug-likeness (QED) is 0.934. The lowest BCUT2D eigenvalue weighted by Crippen LogP contribution is -1.99. The van der Waals surface area contributed by atoms with Gasteiger partial charge in [-0.05, 0) is 37.6 Å². The van der Waals surface area contributed by atoms with Gasteiger partial charge in [-0.25, -0.2) is 0 Å². The molecule has 1 N–H and O–H groups in total. The Hall–Kier alpha value is -1.29. The molecular formula is C13H16BrN3. The summed E-state index contributed by atoms with van der Waals surface area (Å²) < 4.78 is 3.07. The third-order valence-corrected chi connectivity index (χ3v) is 3.56. The minimum atomic E-state index is 0.807. The van der Waals surface area contributed by atoms with Crippen LogP contribution in [0.1, 0.15) is 18.1 Å². The van der Waals surface area contributed by atoms with E-state index in [0.717, 1.165) is 23.2 Å². The number of benzene rings is 1. The van der Waals surface area contributed by atoms with Crippen LogP contribution in [-0.2, 0) is 13.1 Å². The first-order valence-electron chi connectivity index (χ1n) is 5.70. The summed E-state index contributed by atoms with van der Waals surface area (Å²) in [6, 6.07) is 6.27. The van der Waals surface area contributed by atoms with Crippen molar-refractivity contribution in [3.8, 4) is 0 Å². The van der Waals surface area contributed by atoms with E-state index in [9.17, 15) is 0 Å². The van der Waals surface area contributed by atoms with Gasteiger partial charge in [0.1, 0.15) is 0 Å². The van der Waals surface area contributed by atoms with Crippen molar-refractivity contribution in [2.75, 3.05) is 5.32 Å². The van der Waals surface area contributed by atoms with Gasteiger partial charge in [-0.15, -0.1) is 0 Å². The van der Waals surface area contributed by atoms with Crippen LogP contribution in [0.5, 0.6) is 0 Å². The van der Waals surface area contributed by atoms with Gasteiger partial charge in [-0.2, -0.15) is 5.10 Å². The standard InChI is InChI=1S/C13H16BrN3/c1-3-17-9-11(8-16-17)7-15-12-4-5-13(14)10(2)6-12/h4-6,8-9,15H,3,7H2,1-2H3. The maximum Gasteiger partial charge on any atom is 0.0539 e. The first-order chi connectivity index (χ1) is 8.19. The molecule has 0 unspecified atom stereocenters. The van der Waals surface area contributed by atoms with E-state index in [1.165, 1.54) is 11.1 Å². The van der Waals surface area contributed by atoms with Gasteiger partial charge < -0.3 is 5.32 Å². The Morgan fingerprint density at radius 3 is 2.88 bits per heavy atom. The first kappa shape index (κ1) is 12.2. The second-order valence-corrected chi connectivity index (χ2v) is 4.88. The topological polar surface area (TPSA) is 29.9 Å². The zero-order chi connectivity index (χ0) is 12.3. The Balaban J connectivity index is 1.99. The van der Waals surface area contributed by atoms with Gasteiger partial charge in [0.25, 0.3) is 0 Å². The minimum Gasteiger partial charge on any atom is -0.381 e. The van der Waals surface area contributed by atoms with Gasteiger partial charge in [-0.3, -0.25) is 4.68 Å². The van der Waals surface area contributed by atoms with E-state index in [1.54, 1.807) is 0 Å². The summed E-state index contributed by atoms with van der Waals surface area (Å²) in [6.07, 6.45) is 3.97. The molecule has 0 fully saturated rings. The molecule has 0 amide bonds. The molecule has 17 heavy (non-hydrogen) atoms. The number of nitrogens with zero attached hydrogens (tertiary/aromatic N) is 2. The average molecular weight is 294 g/mol. The van der Waals surface area contributed by atoms with Crippen molar-refractivity contribution >= 4 is 21.6 Å². The number of halogens is 1. The molecule has 0 spiro atoms. The highest BCUT2D eigenvalue weighted by Gasteiger charge is 1.99. The second-order valence-electron chi connectivity index (χ2n) is 4.02. The highest BCUT2D eigenvalue weighted by Crippen LogP contribution is 2.20. The molecule has 0 atom stereocenters. The van der Waals surface area contributed by atoms with Crippen LogP contribution in [0.2, 0.25) is 0 Å². The van der Waals surface area contributed by atoms with Crippen molar-refractivity contribution in [3.63, 3.8) is 0 Å². The van der Waals surface area contributed by atoms with Crippen molar-refractivity contribution in [2.24, 2.45) is 0 Å². The number of aromatic nitrogens is 2. The molecule has 0 saturated carbocycles. The molecule has 2 aromatic rings. The molecule has 0 aliphatic heterocycles. The number of aryl methyl sites for hydroxylation is 2. The summed E-state index contributed by atoms with van der Waals surface area (Å²) in [5.41, 5.74) is 3.57. The van der Waals surface area contributed by atoms with E-state index in [0.29, 0.717) is 0 Å². The van der Waals surface area contributed by atoms with Crippen molar-refractivity contribution in [1.82, 2.24) is 9.78 Å². The van der Waals surface area contributed by atoms with Gasteiger partial charge in [0, 0.05) is 35.0 Å². The Morgan fingerprint density at radius 2 is 2.24 bits per heavy atom. The van der Waals surface area contributed by atoms with Crippen LogP contribution in [0, 0.1) is 6.92 Å². The number of rotatable bonds is 4. The third-order valence-electron chi connectivity index (χ3n) is 2.67. The van der Waals surface area contributed by atoms with Gasteiger partial charge in [0.05, 0.1) is 6.20 Å². The SMILES string of the molecule is CCn1cc(CNc2ccc(Br)c(C)c2)cn1. The molecular weight excluding hydrogens is 278 g/mol. The average Bonchev–Trinajstić information content (AvgIpc) is 2.79. The fourth-order valence-electron chi connectivity index (χ4n) is 1.63. The summed E-state index contributed by atoms with van der Waals surface area (Å²) >= 11 is 3.50. The van der Waals surface area contributed by atoms with Gasteiger partial charge in [-0.1, -0.05) is 15.9 Å². The predicted molar refractivity (Wildman–Crippen MR) is 74.1 cm³/mol. The summed E-state index contributed by atoms with van der Waals surface area (Å²) in [5, 5.41) is 7.64. The summed E-state index contributed by atoms with van der Waals surface area (Å²) in [5.74, 6) is 0. The Labute approximate surface area is 110 Å². The molecule has 1 heterocycles. The van der Waals surface area contributed by atoms with Crippen LogP contribution in [0.15, 0.2) is 35.1 Å². The fourth-order valence-corrected chi connectivity index (χ4v) is 1.88. The summed E-state index contributed by atoms with van der Waals surface area (Å²) in [7, 11) is 0. The molecule has 0 aliphatic rings. The Kier molecular flexibility index (Phi) is 3.84. The molecule has 90 valence electrons. The number of hydrogen-bond acceptors (Lipinski definition) is 2. The number of anilines is 1. The summed E-state index contributed by atoms with van der Waals surface area (Å²) in [6.45, 7) is 5.89. The first-order valence-corrected chi connectivity index (χ1v) is 6.49.